The minimum Gasteiger partial charge on any atom is -0.342 e. The minimum absolute atomic E-state index is 0.0905. The van der Waals surface area contributed by atoms with Crippen LogP contribution in [-0.4, -0.2) is 39.2 Å². The molecule has 4 aromatic carbocycles. The number of hydrogen-bond donors (Lipinski definition) is 1. The van der Waals surface area contributed by atoms with E-state index in [1.54, 1.807) is 12.1 Å². The highest BCUT2D eigenvalue weighted by molar-refractivity contribution is 9.09. The van der Waals surface area contributed by atoms with Gasteiger partial charge < -0.3 is 9.80 Å². The first kappa shape index (κ1) is 37.2. The van der Waals surface area contributed by atoms with E-state index in [0.717, 1.165) is 89.9 Å². The van der Waals surface area contributed by atoms with E-state index in [4.69, 9.17) is 7.85 Å². The van der Waals surface area contributed by atoms with Crippen molar-refractivity contribution in [3.8, 4) is 0 Å². The van der Waals surface area contributed by atoms with E-state index in [2.05, 4.69) is 113 Å². The molecule has 0 saturated carbocycles. The molecule has 0 saturated heterocycles. The van der Waals surface area contributed by atoms with Gasteiger partial charge in [-0.2, -0.15) is 8.42 Å². The molecule has 0 aliphatic carbocycles. The number of benzene rings is 4. The molecule has 0 amide bonds. The Morgan fingerprint density at radius 1 is 0.792 bits per heavy atom. The largest absolute Gasteiger partial charge is 0.342 e. The first-order valence-electron chi connectivity index (χ1n) is 16.8. The van der Waals surface area contributed by atoms with Gasteiger partial charge in [0, 0.05) is 47.1 Å². The maximum atomic E-state index is 12.6. The summed E-state index contributed by atoms with van der Waals surface area (Å²) in [5, 5.41) is 0.776. The van der Waals surface area contributed by atoms with Crippen LogP contribution in [0.2, 0.25) is 0 Å². The van der Waals surface area contributed by atoms with Gasteiger partial charge in [-0.25, -0.2) is 0 Å². The van der Waals surface area contributed by atoms with E-state index in [0.29, 0.717) is 5.56 Å². The molecule has 0 aliphatic heterocycles. The zero-order valence-corrected chi connectivity index (χ0v) is 30.6. The van der Waals surface area contributed by atoms with Crippen LogP contribution in [-0.2, 0) is 10.1 Å². The zero-order chi connectivity index (χ0) is 34.5. The maximum absolute atomic E-state index is 12.6. The van der Waals surface area contributed by atoms with Gasteiger partial charge >= 0.3 is 0 Å². The quantitative estimate of drug-likeness (QED) is 0.0386. The van der Waals surface area contributed by atoms with Crippen LogP contribution in [0.1, 0.15) is 75.5 Å². The lowest BCUT2D eigenvalue weighted by molar-refractivity contribution is 0.482. The van der Waals surface area contributed by atoms with Crippen LogP contribution >= 0.6 is 15.9 Å². The van der Waals surface area contributed by atoms with E-state index in [1.807, 2.05) is 30.3 Å². The molecule has 48 heavy (non-hydrogen) atoms. The number of nitrogens with zero attached hydrogens (tertiary/aromatic N) is 2. The molecule has 4 rings (SSSR count). The number of allylic oxidation sites excluding steroid dienone is 3. The summed E-state index contributed by atoms with van der Waals surface area (Å²) < 4.78 is 35.5. The molecule has 0 aromatic heterocycles. The van der Waals surface area contributed by atoms with Crippen LogP contribution < -0.4 is 15.3 Å². The van der Waals surface area contributed by atoms with Crippen LogP contribution in [0.4, 0.5) is 17.1 Å². The normalized spacial score (nSPS) is 12.7. The van der Waals surface area contributed by atoms with Crippen molar-refractivity contribution in [2.75, 3.05) is 28.2 Å². The van der Waals surface area contributed by atoms with Crippen molar-refractivity contribution in [2.24, 2.45) is 0 Å². The first-order valence-corrected chi connectivity index (χ1v) is 19.4. The maximum Gasteiger partial charge on any atom is 0.294 e. The summed E-state index contributed by atoms with van der Waals surface area (Å²) in [6.45, 7) is 8.25. The molecule has 5 nitrogen and oxygen atoms in total. The fourth-order valence-corrected chi connectivity index (χ4v) is 6.86. The van der Waals surface area contributed by atoms with Gasteiger partial charge in [-0.15, -0.1) is 0 Å². The molecule has 4 aromatic rings. The Labute approximate surface area is 297 Å². The van der Waals surface area contributed by atoms with Crippen molar-refractivity contribution < 1.29 is 13.0 Å². The van der Waals surface area contributed by atoms with Crippen LogP contribution in [0.25, 0.3) is 0 Å². The number of anilines is 3. The summed E-state index contributed by atoms with van der Waals surface area (Å²) >= 11 is 3.51. The topological polar surface area (TPSA) is 60.9 Å². The highest BCUT2D eigenvalue weighted by atomic mass is 79.9. The van der Waals surface area contributed by atoms with Gasteiger partial charge in [-0.05, 0) is 84.5 Å². The third kappa shape index (κ3) is 9.74. The van der Waals surface area contributed by atoms with Gasteiger partial charge in [-0.3, -0.25) is 4.55 Å². The second kappa shape index (κ2) is 18.3. The van der Waals surface area contributed by atoms with Crippen molar-refractivity contribution in [3.05, 3.63) is 138 Å². The average molecular weight is 726 g/mol. The Bertz CT molecular complexity index is 1760. The Balaban J connectivity index is 1.81. The Kier molecular flexibility index (Phi) is 14.2. The fraction of sp³-hybridized carbons (Fsp3) is 0.300. The van der Waals surface area contributed by atoms with Crippen LogP contribution in [0.15, 0.2) is 126 Å². The van der Waals surface area contributed by atoms with Crippen molar-refractivity contribution in [1.82, 2.24) is 0 Å². The fourth-order valence-electron chi connectivity index (χ4n) is 5.94. The van der Waals surface area contributed by atoms with Crippen molar-refractivity contribution in [1.29, 1.82) is 0 Å². The predicted molar refractivity (Wildman–Crippen MR) is 207 cm³/mol. The average Bonchev–Trinajstić information content (AvgIpc) is 3.09. The lowest BCUT2D eigenvalue weighted by atomic mass is 9.85. The third-order valence-corrected chi connectivity index (χ3v) is 9.66. The Hall–Kier alpha value is -3.59. The minimum atomic E-state index is -4.47. The molecular weight excluding hydrogens is 679 g/mol. The van der Waals surface area contributed by atoms with Crippen molar-refractivity contribution in [3.63, 3.8) is 0 Å². The zero-order valence-electron chi connectivity index (χ0n) is 28.2. The van der Waals surface area contributed by atoms with Crippen LogP contribution in [0.3, 0.4) is 0 Å². The van der Waals surface area contributed by atoms with Crippen molar-refractivity contribution in [2.45, 2.75) is 63.7 Å². The first-order chi connectivity index (χ1) is 23.2. The van der Waals surface area contributed by atoms with E-state index < -0.39 is 16.0 Å². The van der Waals surface area contributed by atoms with Gasteiger partial charge in [0.1, 0.15) is 7.85 Å². The summed E-state index contributed by atoms with van der Waals surface area (Å²) in [5.74, 6) is -0.435. The highest BCUT2D eigenvalue weighted by Gasteiger charge is 2.25. The molecule has 0 spiro atoms. The third-order valence-electron chi connectivity index (χ3n) is 8.36. The number of rotatable bonds is 17. The molecule has 0 aliphatic rings. The summed E-state index contributed by atoms with van der Waals surface area (Å²) in [6, 6.07) is 31.3. The molecule has 0 fully saturated rings. The van der Waals surface area contributed by atoms with E-state index in [1.165, 1.54) is 6.07 Å². The molecule has 0 bridgehead atoms. The summed E-state index contributed by atoms with van der Waals surface area (Å²) in [7, 11) is 1.51. The molecule has 1 N–H and O–H groups in total. The molecular formula is C40H46BBrN2O3S. The monoisotopic (exact) mass is 724 g/mol. The lowest BCUT2D eigenvalue weighted by Gasteiger charge is -2.28. The van der Waals surface area contributed by atoms with E-state index in [-0.39, 0.29) is 4.90 Å². The second-order valence-corrected chi connectivity index (χ2v) is 13.9. The number of alkyl halides is 1. The summed E-state index contributed by atoms with van der Waals surface area (Å²) in [5.41, 5.74) is 7.40. The Morgan fingerprint density at radius 3 is 1.88 bits per heavy atom. The van der Waals surface area contributed by atoms with Gasteiger partial charge in [0.15, 0.2) is 0 Å². The van der Waals surface area contributed by atoms with E-state index in [9.17, 15) is 13.0 Å². The highest BCUT2D eigenvalue weighted by Crippen LogP contribution is 2.38. The second-order valence-electron chi connectivity index (χ2n) is 11.8. The van der Waals surface area contributed by atoms with Gasteiger partial charge in [0.05, 0.1) is 4.90 Å². The van der Waals surface area contributed by atoms with E-state index >= 15 is 0 Å². The summed E-state index contributed by atoms with van der Waals surface area (Å²) in [4.78, 5) is 4.53. The Morgan fingerprint density at radius 2 is 1.33 bits per heavy atom. The van der Waals surface area contributed by atoms with Gasteiger partial charge in [-0.1, -0.05) is 122 Å². The van der Waals surface area contributed by atoms with Gasteiger partial charge in [0.25, 0.3) is 10.1 Å². The predicted octanol–water partition coefficient (Wildman–Crippen LogP) is 9.70. The molecule has 8 heteroatoms. The standard InChI is InChI=1S/C40H46BBrN2O3S/c1-4-7-29-43(34(12-6-3)13-11-28-42)35-22-16-31(17-23-35)40(38-14-9-10-15-39(38)48(45,46)47)32-18-24-36(25-19-32)44(30-8-5-2)37-26-20-33(41)21-27-37/h9-27,40H,4-8,28-30H2,1-3H3,(H,45,46,47)/b13-11-,34-12+. The molecule has 0 heterocycles. The number of unbranched alkanes of at least 4 members (excludes halogenated alkanes) is 2. The molecule has 1 unspecified atom stereocenters. The molecule has 2 radical (unpaired) electrons. The number of halogens is 1. The molecule has 250 valence electrons. The smallest absolute Gasteiger partial charge is 0.294 e. The van der Waals surface area contributed by atoms with Crippen LogP contribution in [0, 0.1) is 0 Å². The van der Waals surface area contributed by atoms with Gasteiger partial charge in [0.2, 0.25) is 0 Å². The SMILES string of the molecule is [B]c1ccc(N(CCCC)c2ccc(C(c3ccc(N(CCCC)C(/C=C\CBr)=C/CC)cc3)c3ccccc3S(=O)(=O)O)cc2)cc1. The lowest BCUT2D eigenvalue weighted by Crippen LogP contribution is -2.23. The number of hydrogen-bond acceptors (Lipinski definition) is 4. The summed E-state index contributed by atoms with van der Waals surface area (Å²) in [6.07, 6.45) is 11.6. The van der Waals surface area contributed by atoms with Crippen molar-refractivity contribution >= 4 is 56.4 Å². The molecule has 1 atom stereocenters. The van der Waals surface area contributed by atoms with Crippen LogP contribution in [0.5, 0.6) is 0 Å².